The fourth-order valence-corrected chi connectivity index (χ4v) is 2.04. The average molecular weight is 355 g/mol. The molecular weight excluding hydrogens is 346 g/mol. The molecule has 2 aromatic carbocycles. The summed E-state index contributed by atoms with van der Waals surface area (Å²) < 4.78 is 0.682. The number of rotatable bonds is 3. The molecule has 0 atom stereocenters. The van der Waals surface area contributed by atoms with Crippen molar-refractivity contribution in [3.05, 3.63) is 63.1 Å². The molecule has 0 aliphatic heterocycles. The second-order valence-corrected chi connectivity index (χ2v) is 5.20. The molecule has 2 N–H and O–H groups in total. The number of amides is 1. The maximum absolute atomic E-state index is 12.1. The Labute approximate surface area is 128 Å². The first-order valence-corrected chi connectivity index (χ1v) is 6.75. The molecule has 0 spiro atoms. The third-order valence-electron chi connectivity index (χ3n) is 2.59. The molecule has 0 aromatic heterocycles. The fraction of sp³-hybridized carbons (Fsp3) is 0. The molecule has 1 amide bonds. The van der Waals surface area contributed by atoms with Crippen molar-refractivity contribution in [3.63, 3.8) is 0 Å². The number of aromatic carboxylic acids is 1. The van der Waals surface area contributed by atoms with Gasteiger partial charge in [0, 0.05) is 10.0 Å². The Morgan fingerprint density at radius 1 is 1.15 bits per heavy atom. The highest BCUT2D eigenvalue weighted by Gasteiger charge is 2.13. The Bertz CT molecular complexity index is 688. The smallest absolute Gasteiger partial charge is 0.337 e. The predicted octanol–water partition coefficient (Wildman–Crippen LogP) is 4.05. The van der Waals surface area contributed by atoms with Gasteiger partial charge in [-0.1, -0.05) is 23.7 Å². The SMILES string of the molecule is O=C(Nc1ccccc1C(=O)O)c1ccc(Br)c(Cl)c1. The highest BCUT2D eigenvalue weighted by molar-refractivity contribution is 9.10. The van der Waals surface area contributed by atoms with E-state index in [1.807, 2.05) is 0 Å². The summed E-state index contributed by atoms with van der Waals surface area (Å²) in [6.07, 6.45) is 0. The van der Waals surface area contributed by atoms with Crippen LogP contribution >= 0.6 is 27.5 Å². The minimum atomic E-state index is -1.10. The number of para-hydroxylation sites is 1. The van der Waals surface area contributed by atoms with E-state index in [0.717, 1.165) is 0 Å². The van der Waals surface area contributed by atoms with Crippen molar-refractivity contribution >= 4 is 45.1 Å². The van der Waals surface area contributed by atoms with E-state index in [2.05, 4.69) is 21.2 Å². The summed E-state index contributed by atoms with van der Waals surface area (Å²) in [4.78, 5) is 23.1. The summed E-state index contributed by atoms with van der Waals surface area (Å²) in [6.45, 7) is 0. The van der Waals surface area contributed by atoms with Gasteiger partial charge in [0.2, 0.25) is 0 Å². The Morgan fingerprint density at radius 2 is 1.85 bits per heavy atom. The molecule has 0 aliphatic rings. The van der Waals surface area contributed by atoms with Gasteiger partial charge in [-0.3, -0.25) is 4.79 Å². The highest BCUT2D eigenvalue weighted by atomic mass is 79.9. The van der Waals surface area contributed by atoms with Gasteiger partial charge in [-0.25, -0.2) is 4.79 Å². The number of hydrogen-bond donors (Lipinski definition) is 2. The molecule has 0 fully saturated rings. The van der Waals surface area contributed by atoms with Gasteiger partial charge in [-0.2, -0.15) is 0 Å². The van der Waals surface area contributed by atoms with Crippen molar-refractivity contribution in [2.45, 2.75) is 0 Å². The van der Waals surface area contributed by atoms with Gasteiger partial charge in [-0.05, 0) is 46.3 Å². The highest BCUT2D eigenvalue weighted by Crippen LogP contribution is 2.24. The lowest BCUT2D eigenvalue weighted by atomic mass is 10.1. The number of hydrogen-bond acceptors (Lipinski definition) is 2. The molecule has 0 saturated heterocycles. The lowest BCUT2D eigenvalue weighted by Crippen LogP contribution is -2.14. The van der Waals surface area contributed by atoms with Crippen molar-refractivity contribution in [2.24, 2.45) is 0 Å². The van der Waals surface area contributed by atoms with Crippen LogP contribution in [0.5, 0.6) is 0 Å². The molecular formula is C14H9BrClNO3. The molecule has 2 rings (SSSR count). The molecule has 0 heterocycles. The third kappa shape index (κ3) is 3.18. The van der Waals surface area contributed by atoms with E-state index >= 15 is 0 Å². The Balaban J connectivity index is 2.28. The Kier molecular flexibility index (Phi) is 4.42. The monoisotopic (exact) mass is 353 g/mol. The summed E-state index contributed by atoms with van der Waals surface area (Å²) in [5.41, 5.74) is 0.617. The van der Waals surface area contributed by atoms with E-state index in [1.54, 1.807) is 24.3 Å². The van der Waals surface area contributed by atoms with E-state index in [4.69, 9.17) is 16.7 Å². The van der Waals surface area contributed by atoms with Gasteiger partial charge in [-0.15, -0.1) is 0 Å². The minimum Gasteiger partial charge on any atom is -0.478 e. The standard InChI is InChI=1S/C14H9BrClNO3/c15-10-6-5-8(7-11(10)16)13(18)17-12-4-2-1-3-9(12)14(19)20/h1-7H,(H,17,18)(H,19,20). The first kappa shape index (κ1) is 14.6. The van der Waals surface area contributed by atoms with Crippen molar-refractivity contribution in [1.29, 1.82) is 0 Å². The van der Waals surface area contributed by atoms with Crippen LogP contribution in [0.4, 0.5) is 5.69 Å². The number of carbonyl (C=O) groups excluding carboxylic acids is 1. The summed E-state index contributed by atoms with van der Waals surface area (Å²) in [7, 11) is 0. The molecule has 20 heavy (non-hydrogen) atoms. The number of carboxylic acid groups (broad SMARTS) is 1. The molecule has 0 radical (unpaired) electrons. The van der Waals surface area contributed by atoms with Gasteiger partial charge in [0.05, 0.1) is 16.3 Å². The van der Waals surface area contributed by atoms with Gasteiger partial charge in [0.15, 0.2) is 0 Å². The van der Waals surface area contributed by atoms with E-state index in [1.165, 1.54) is 18.2 Å². The van der Waals surface area contributed by atoms with Crippen molar-refractivity contribution in [3.8, 4) is 0 Å². The lowest BCUT2D eigenvalue weighted by molar-refractivity contribution is 0.0698. The Morgan fingerprint density at radius 3 is 2.50 bits per heavy atom. The first-order chi connectivity index (χ1) is 9.49. The maximum atomic E-state index is 12.1. The van der Waals surface area contributed by atoms with Crippen LogP contribution in [0.1, 0.15) is 20.7 Å². The quantitative estimate of drug-likeness (QED) is 0.874. The topological polar surface area (TPSA) is 66.4 Å². The molecule has 6 heteroatoms. The Hall–Kier alpha value is -1.85. The maximum Gasteiger partial charge on any atom is 0.337 e. The van der Waals surface area contributed by atoms with Crippen LogP contribution in [-0.4, -0.2) is 17.0 Å². The second kappa shape index (κ2) is 6.07. The van der Waals surface area contributed by atoms with Crippen LogP contribution in [0.3, 0.4) is 0 Å². The average Bonchev–Trinajstić information content (AvgIpc) is 2.42. The molecule has 102 valence electrons. The molecule has 4 nitrogen and oxygen atoms in total. The zero-order chi connectivity index (χ0) is 14.7. The summed E-state index contributed by atoms with van der Waals surface area (Å²) in [6, 6.07) is 10.9. The number of carboxylic acids is 1. The zero-order valence-electron chi connectivity index (χ0n) is 10.1. The number of anilines is 1. The van der Waals surface area contributed by atoms with Crippen molar-refractivity contribution < 1.29 is 14.7 Å². The summed E-state index contributed by atoms with van der Waals surface area (Å²) in [5.74, 6) is -1.53. The van der Waals surface area contributed by atoms with E-state index in [9.17, 15) is 9.59 Å². The molecule has 0 saturated carbocycles. The van der Waals surface area contributed by atoms with Gasteiger partial charge in [0.25, 0.3) is 5.91 Å². The molecule has 0 aliphatic carbocycles. The van der Waals surface area contributed by atoms with Crippen molar-refractivity contribution in [1.82, 2.24) is 0 Å². The molecule has 2 aromatic rings. The number of nitrogens with one attached hydrogen (secondary N) is 1. The van der Waals surface area contributed by atoms with Crippen LogP contribution < -0.4 is 5.32 Å². The minimum absolute atomic E-state index is 0.0315. The van der Waals surface area contributed by atoms with E-state index < -0.39 is 11.9 Å². The van der Waals surface area contributed by atoms with Gasteiger partial charge in [0.1, 0.15) is 0 Å². The number of halogens is 2. The zero-order valence-corrected chi connectivity index (χ0v) is 12.4. The van der Waals surface area contributed by atoms with Crippen LogP contribution in [-0.2, 0) is 0 Å². The van der Waals surface area contributed by atoms with Gasteiger partial charge < -0.3 is 10.4 Å². The van der Waals surface area contributed by atoms with Crippen molar-refractivity contribution in [2.75, 3.05) is 5.32 Å². The van der Waals surface area contributed by atoms with Crippen LogP contribution in [0.25, 0.3) is 0 Å². The number of carbonyl (C=O) groups is 2. The predicted molar refractivity (Wildman–Crippen MR) is 80.5 cm³/mol. The fourth-order valence-electron chi connectivity index (χ4n) is 1.61. The normalized spacial score (nSPS) is 10.1. The molecule has 0 unspecified atom stereocenters. The van der Waals surface area contributed by atoms with Crippen LogP contribution in [0.15, 0.2) is 46.9 Å². The third-order valence-corrected chi connectivity index (χ3v) is 3.82. The summed E-state index contributed by atoms with van der Waals surface area (Å²) in [5, 5.41) is 12.0. The van der Waals surface area contributed by atoms with Gasteiger partial charge >= 0.3 is 5.97 Å². The second-order valence-electron chi connectivity index (χ2n) is 3.93. The largest absolute Gasteiger partial charge is 0.478 e. The van der Waals surface area contributed by atoms with Crippen LogP contribution in [0, 0.1) is 0 Å². The van der Waals surface area contributed by atoms with E-state index in [-0.39, 0.29) is 11.3 Å². The lowest BCUT2D eigenvalue weighted by Gasteiger charge is -2.08. The number of benzene rings is 2. The van der Waals surface area contributed by atoms with Crippen LogP contribution in [0.2, 0.25) is 5.02 Å². The summed E-state index contributed by atoms with van der Waals surface area (Å²) >= 11 is 9.16. The van der Waals surface area contributed by atoms with E-state index in [0.29, 0.717) is 15.1 Å². The molecule has 0 bridgehead atoms. The first-order valence-electron chi connectivity index (χ1n) is 5.58.